The molecule has 6 heteroatoms. The topological polar surface area (TPSA) is 75.3 Å². The Morgan fingerprint density at radius 1 is 1.10 bits per heavy atom. The molecule has 154 valence electrons. The molecule has 0 aliphatic carbocycles. The fourth-order valence-electron chi connectivity index (χ4n) is 4.95. The molecule has 0 atom stereocenters. The Morgan fingerprint density at radius 2 is 1.87 bits per heavy atom. The van der Waals surface area contributed by atoms with Crippen molar-refractivity contribution in [3.63, 3.8) is 0 Å². The quantitative estimate of drug-likeness (QED) is 0.663. The molecular weight excluding hydrogens is 378 g/mol. The lowest BCUT2D eigenvalue weighted by molar-refractivity contribution is -0.00580. The number of carbonyl (C=O) groups excluding carboxylic acids is 2. The zero-order valence-electron chi connectivity index (χ0n) is 17.5. The summed E-state index contributed by atoms with van der Waals surface area (Å²) in [5, 5.41) is 7.98. The minimum absolute atomic E-state index is 0.0188. The Balaban J connectivity index is 1.35. The van der Waals surface area contributed by atoms with Gasteiger partial charge in [0.2, 0.25) is 0 Å². The number of hydrogen-bond donors (Lipinski definition) is 1. The first-order chi connectivity index (χ1) is 14.3. The van der Waals surface area contributed by atoms with Crippen molar-refractivity contribution in [1.82, 2.24) is 15.1 Å². The van der Waals surface area contributed by atoms with Crippen molar-refractivity contribution in [1.29, 1.82) is 0 Å². The highest BCUT2D eigenvalue weighted by Gasteiger charge is 2.44. The summed E-state index contributed by atoms with van der Waals surface area (Å²) in [7, 11) is 0. The van der Waals surface area contributed by atoms with Crippen LogP contribution in [0.2, 0.25) is 0 Å². The van der Waals surface area contributed by atoms with E-state index in [1.807, 2.05) is 49.9 Å². The SMILES string of the molecule is Cc1cc(C)c2c(c1)OC1(CCN(C(=O)c3cc(C)c4[nH]ncc4c3)CC1)CC2=O. The Labute approximate surface area is 175 Å². The van der Waals surface area contributed by atoms with Gasteiger partial charge in [-0.15, -0.1) is 0 Å². The number of Topliss-reactive ketones (excluding diaryl/α,β-unsaturated/α-hetero) is 1. The molecule has 0 unspecified atom stereocenters. The second-order valence-electron chi connectivity index (χ2n) is 8.76. The molecule has 1 fully saturated rings. The van der Waals surface area contributed by atoms with Crippen LogP contribution < -0.4 is 4.74 Å². The molecule has 0 radical (unpaired) electrons. The molecule has 1 aromatic heterocycles. The molecule has 2 aromatic carbocycles. The van der Waals surface area contributed by atoms with Gasteiger partial charge in [-0.3, -0.25) is 14.7 Å². The van der Waals surface area contributed by atoms with Crippen LogP contribution in [0.4, 0.5) is 0 Å². The smallest absolute Gasteiger partial charge is 0.253 e. The van der Waals surface area contributed by atoms with Crippen molar-refractivity contribution in [2.45, 2.75) is 45.6 Å². The number of nitrogens with one attached hydrogen (secondary N) is 1. The fraction of sp³-hybridized carbons (Fsp3) is 0.375. The monoisotopic (exact) mass is 403 g/mol. The number of aryl methyl sites for hydroxylation is 3. The molecule has 0 saturated carbocycles. The van der Waals surface area contributed by atoms with Gasteiger partial charge in [0.1, 0.15) is 11.4 Å². The molecule has 2 aliphatic rings. The Morgan fingerprint density at radius 3 is 2.63 bits per heavy atom. The van der Waals surface area contributed by atoms with E-state index in [4.69, 9.17) is 4.74 Å². The molecule has 1 amide bonds. The van der Waals surface area contributed by atoms with Gasteiger partial charge in [0.15, 0.2) is 5.78 Å². The summed E-state index contributed by atoms with van der Waals surface area (Å²) < 4.78 is 6.42. The van der Waals surface area contributed by atoms with Gasteiger partial charge in [-0.25, -0.2) is 0 Å². The third kappa shape index (κ3) is 2.98. The standard InChI is InChI=1S/C24H25N3O3/c1-14-8-15(2)21-19(28)12-24(30-20(21)9-14)4-6-27(7-5-24)23(29)17-10-16(3)22-18(11-17)13-25-26-22/h8-11,13H,4-7,12H2,1-3H3,(H,25,26). The lowest BCUT2D eigenvalue weighted by atomic mass is 9.81. The van der Waals surface area contributed by atoms with E-state index in [9.17, 15) is 9.59 Å². The number of hydrogen-bond acceptors (Lipinski definition) is 4. The lowest BCUT2D eigenvalue weighted by Gasteiger charge is -2.44. The van der Waals surface area contributed by atoms with Gasteiger partial charge in [0, 0.05) is 36.9 Å². The number of rotatable bonds is 1. The van der Waals surface area contributed by atoms with Crippen LogP contribution in [-0.4, -0.2) is 45.5 Å². The molecule has 3 heterocycles. The van der Waals surface area contributed by atoms with Crippen LogP contribution in [0, 0.1) is 20.8 Å². The number of fused-ring (bicyclic) bond motifs is 2. The number of piperidine rings is 1. The molecule has 1 saturated heterocycles. The number of H-pyrrole nitrogens is 1. The average molecular weight is 403 g/mol. The number of aromatic amines is 1. The Bertz CT molecular complexity index is 1190. The maximum absolute atomic E-state index is 13.1. The van der Waals surface area contributed by atoms with Gasteiger partial charge in [0.05, 0.1) is 23.7 Å². The van der Waals surface area contributed by atoms with Crippen molar-refractivity contribution in [2.24, 2.45) is 0 Å². The van der Waals surface area contributed by atoms with Crippen LogP contribution in [0.1, 0.15) is 56.7 Å². The number of benzene rings is 2. The fourth-order valence-corrected chi connectivity index (χ4v) is 4.95. The molecule has 1 N–H and O–H groups in total. The number of nitrogens with zero attached hydrogens (tertiary/aromatic N) is 2. The molecule has 3 aromatic rings. The number of likely N-dealkylation sites (tertiary alicyclic amines) is 1. The summed E-state index contributed by atoms with van der Waals surface area (Å²) in [6, 6.07) is 7.79. The van der Waals surface area contributed by atoms with Crippen molar-refractivity contribution in [3.05, 3.63) is 58.3 Å². The third-order valence-electron chi connectivity index (χ3n) is 6.49. The molecule has 30 heavy (non-hydrogen) atoms. The van der Waals surface area contributed by atoms with Crippen LogP contribution in [0.5, 0.6) is 5.75 Å². The lowest BCUT2D eigenvalue weighted by Crippen LogP contribution is -2.52. The van der Waals surface area contributed by atoms with Crippen LogP contribution in [0.15, 0.2) is 30.5 Å². The van der Waals surface area contributed by atoms with Gasteiger partial charge in [-0.1, -0.05) is 6.07 Å². The van der Waals surface area contributed by atoms with E-state index < -0.39 is 5.60 Å². The highest BCUT2D eigenvalue weighted by molar-refractivity contribution is 6.02. The molecule has 2 aliphatic heterocycles. The van der Waals surface area contributed by atoms with Crippen LogP contribution >= 0.6 is 0 Å². The van der Waals surface area contributed by atoms with Crippen LogP contribution in [0.3, 0.4) is 0 Å². The summed E-state index contributed by atoms with van der Waals surface area (Å²) >= 11 is 0. The number of amides is 1. The first-order valence-electron chi connectivity index (χ1n) is 10.4. The zero-order valence-corrected chi connectivity index (χ0v) is 17.5. The zero-order chi connectivity index (χ0) is 21.0. The maximum Gasteiger partial charge on any atom is 0.253 e. The number of carbonyl (C=O) groups is 2. The van der Waals surface area contributed by atoms with E-state index in [0.29, 0.717) is 49.2 Å². The summed E-state index contributed by atoms with van der Waals surface area (Å²) in [4.78, 5) is 27.9. The normalized spacial score (nSPS) is 17.8. The highest BCUT2D eigenvalue weighted by atomic mass is 16.5. The van der Waals surface area contributed by atoms with Crippen molar-refractivity contribution >= 4 is 22.6 Å². The van der Waals surface area contributed by atoms with Gasteiger partial charge >= 0.3 is 0 Å². The Hall–Kier alpha value is -3.15. The first kappa shape index (κ1) is 18.9. The Kier molecular flexibility index (Phi) is 4.20. The van der Waals surface area contributed by atoms with E-state index in [1.165, 1.54) is 0 Å². The van der Waals surface area contributed by atoms with Gasteiger partial charge in [-0.2, -0.15) is 5.10 Å². The van der Waals surface area contributed by atoms with E-state index >= 15 is 0 Å². The minimum Gasteiger partial charge on any atom is -0.486 e. The minimum atomic E-state index is -0.508. The summed E-state index contributed by atoms with van der Waals surface area (Å²) in [6.45, 7) is 7.11. The van der Waals surface area contributed by atoms with E-state index in [1.54, 1.807) is 6.20 Å². The number of ketones is 1. The summed E-state index contributed by atoms with van der Waals surface area (Å²) in [5.74, 6) is 0.865. The largest absolute Gasteiger partial charge is 0.486 e. The van der Waals surface area contributed by atoms with Crippen molar-refractivity contribution < 1.29 is 14.3 Å². The molecule has 0 bridgehead atoms. The van der Waals surface area contributed by atoms with Crippen molar-refractivity contribution in [3.8, 4) is 5.75 Å². The molecule has 5 rings (SSSR count). The first-order valence-corrected chi connectivity index (χ1v) is 10.4. The molecule has 1 spiro atoms. The third-order valence-corrected chi connectivity index (χ3v) is 6.49. The van der Waals surface area contributed by atoms with E-state index in [2.05, 4.69) is 10.2 Å². The molecule has 6 nitrogen and oxygen atoms in total. The maximum atomic E-state index is 13.1. The molecular formula is C24H25N3O3. The predicted molar refractivity (Wildman–Crippen MR) is 114 cm³/mol. The van der Waals surface area contributed by atoms with Gasteiger partial charge in [0.25, 0.3) is 5.91 Å². The summed E-state index contributed by atoms with van der Waals surface area (Å²) in [6.07, 6.45) is 3.44. The van der Waals surface area contributed by atoms with E-state index in [-0.39, 0.29) is 11.7 Å². The average Bonchev–Trinajstić information content (AvgIpc) is 3.16. The van der Waals surface area contributed by atoms with Gasteiger partial charge in [-0.05, 0) is 55.7 Å². The second kappa shape index (κ2) is 6.69. The van der Waals surface area contributed by atoms with E-state index in [0.717, 1.165) is 27.6 Å². The van der Waals surface area contributed by atoms with Crippen molar-refractivity contribution in [2.75, 3.05) is 13.1 Å². The number of ether oxygens (including phenoxy) is 1. The highest BCUT2D eigenvalue weighted by Crippen LogP contribution is 2.41. The second-order valence-corrected chi connectivity index (χ2v) is 8.76. The number of aromatic nitrogens is 2. The summed E-state index contributed by atoms with van der Waals surface area (Å²) in [5.41, 5.74) is 4.92. The van der Waals surface area contributed by atoms with Crippen LogP contribution in [0.25, 0.3) is 10.9 Å². The van der Waals surface area contributed by atoms with Gasteiger partial charge < -0.3 is 9.64 Å². The van der Waals surface area contributed by atoms with Crippen LogP contribution in [-0.2, 0) is 0 Å². The predicted octanol–water partition coefficient (Wildman–Crippen LogP) is 4.13.